The normalized spacial score (nSPS) is 42.9. The molecule has 3 aliphatic carbocycles. The van der Waals surface area contributed by atoms with Crippen LogP contribution in [-0.2, 0) is 4.79 Å². The summed E-state index contributed by atoms with van der Waals surface area (Å²) in [5.74, 6) is 3.84. The van der Waals surface area contributed by atoms with Crippen molar-refractivity contribution in [2.75, 3.05) is 0 Å². The lowest BCUT2D eigenvalue weighted by Crippen LogP contribution is -2.46. The van der Waals surface area contributed by atoms with E-state index in [1.54, 1.807) is 0 Å². The quantitative estimate of drug-likeness (QED) is 0.505. The summed E-state index contributed by atoms with van der Waals surface area (Å²) in [4.78, 5) is 13.5. The molecule has 1 N–H and O–H groups in total. The van der Waals surface area contributed by atoms with E-state index >= 15 is 0 Å². The highest BCUT2D eigenvalue weighted by atomic mass is 16.3. The van der Waals surface area contributed by atoms with Crippen LogP contribution in [0.5, 0.6) is 0 Å². The summed E-state index contributed by atoms with van der Waals surface area (Å²) in [6.07, 6.45) is 14.8. The Morgan fingerprint density at radius 3 is 2.62 bits per heavy atom. The van der Waals surface area contributed by atoms with Gasteiger partial charge in [0.2, 0.25) is 0 Å². The van der Waals surface area contributed by atoms with E-state index in [0.717, 1.165) is 30.3 Å². The van der Waals surface area contributed by atoms with Gasteiger partial charge in [0.25, 0.3) is 0 Å². The fourth-order valence-corrected chi connectivity index (χ4v) is 7.28. The Hall–Kier alpha value is -0.630. The second-order valence-electron chi connectivity index (χ2n) is 11.6. The molecule has 0 aliphatic heterocycles. The van der Waals surface area contributed by atoms with Crippen LogP contribution >= 0.6 is 0 Å². The van der Waals surface area contributed by atoms with Crippen molar-refractivity contribution in [2.45, 2.75) is 111 Å². The van der Waals surface area contributed by atoms with Crippen LogP contribution in [0.1, 0.15) is 105 Å². The SMILES string of the molecule is C/C1=C\C(=O)C2C(CC[C@@]3(C)C2CC[C@@H]3CCCCC(C)C)[C@@H](C)CC[C@H](O)C1. The molecule has 2 saturated carbocycles. The molecular formula is C27H46O2. The number of allylic oxidation sites excluding steroid dienone is 1. The molecule has 0 aromatic carbocycles. The molecule has 3 unspecified atom stereocenters. The van der Waals surface area contributed by atoms with E-state index in [9.17, 15) is 9.90 Å². The summed E-state index contributed by atoms with van der Waals surface area (Å²) in [7, 11) is 0. The minimum atomic E-state index is -0.284. The van der Waals surface area contributed by atoms with Crippen molar-refractivity contribution >= 4 is 5.78 Å². The predicted molar refractivity (Wildman–Crippen MR) is 122 cm³/mol. The van der Waals surface area contributed by atoms with Gasteiger partial charge in [0.1, 0.15) is 0 Å². The maximum absolute atomic E-state index is 13.5. The fourth-order valence-electron chi connectivity index (χ4n) is 7.28. The Kier molecular flexibility index (Phi) is 7.68. The molecule has 0 amide bonds. The molecule has 29 heavy (non-hydrogen) atoms. The van der Waals surface area contributed by atoms with Crippen LogP contribution in [0.2, 0.25) is 0 Å². The molecule has 0 bridgehead atoms. The average Bonchev–Trinajstić information content (AvgIpc) is 2.97. The molecule has 7 atom stereocenters. The van der Waals surface area contributed by atoms with Crippen molar-refractivity contribution in [1.29, 1.82) is 0 Å². The number of carbonyl (C=O) groups excluding carboxylic acids is 1. The summed E-state index contributed by atoms with van der Waals surface area (Å²) in [5.41, 5.74) is 1.44. The number of aliphatic hydroxyl groups excluding tert-OH is 1. The molecule has 0 saturated heterocycles. The van der Waals surface area contributed by atoms with Crippen molar-refractivity contribution in [2.24, 2.45) is 40.9 Å². The molecule has 0 heterocycles. The summed E-state index contributed by atoms with van der Waals surface area (Å²) in [6, 6.07) is 0. The molecule has 0 aromatic heterocycles. The monoisotopic (exact) mass is 402 g/mol. The van der Waals surface area contributed by atoms with Gasteiger partial charge in [-0.1, -0.05) is 52.5 Å². The highest BCUT2D eigenvalue weighted by Crippen LogP contribution is 2.61. The van der Waals surface area contributed by atoms with Crippen LogP contribution in [0, 0.1) is 40.9 Å². The van der Waals surface area contributed by atoms with Gasteiger partial charge < -0.3 is 5.11 Å². The van der Waals surface area contributed by atoms with Gasteiger partial charge in [-0.25, -0.2) is 0 Å². The zero-order valence-corrected chi connectivity index (χ0v) is 19.8. The third-order valence-corrected chi connectivity index (χ3v) is 9.06. The number of carbonyl (C=O) groups is 1. The summed E-state index contributed by atoms with van der Waals surface area (Å²) >= 11 is 0. The second kappa shape index (κ2) is 9.67. The Morgan fingerprint density at radius 2 is 1.90 bits per heavy atom. The Morgan fingerprint density at radius 1 is 1.14 bits per heavy atom. The number of unbranched alkanes of at least 4 members (excludes halogenated alkanes) is 1. The molecule has 2 fully saturated rings. The highest BCUT2D eigenvalue weighted by molar-refractivity contribution is 5.93. The van der Waals surface area contributed by atoms with Gasteiger partial charge >= 0.3 is 0 Å². The van der Waals surface area contributed by atoms with Crippen LogP contribution in [-0.4, -0.2) is 17.0 Å². The zero-order valence-electron chi connectivity index (χ0n) is 19.8. The molecule has 3 rings (SSSR count). The summed E-state index contributed by atoms with van der Waals surface area (Å²) < 4.78 is 0. The van der Waals surface area contributed by atoms with Crippen molar-refractivity contribution < 1.29 is 9.90 Å². The summed E-state index contributed by atoms with van der Waals surface area (Å²) in [6.45, 7) is 11.6. The molecule has 0 radical (unpaired) electrons. The number of rotatable bonds is 5. The van der Waals surface area contributed by atoms with E-state index in [4.69, 9.17) is 0 Å². The van der Waals surface area contributed by atoms with Crippen LogP contribution in [0.15, 0.2) is 11.6 Å². The van der Waals surface area contributed by atoms with Gasteiger partial charge in [-0.05, 0) is 99.4 Å². The van der Waals surface area contributed by atoms with Gasteiger partial charge in [0.15, 0.2) is 5.78 Å². The Bertz CT molecular complexity index is 591. The van der Waals surface area contributed by atoms with Crippen molar-refractivity contribution in [3.8, 4) is 0 Å². The van der Waals surface area contributed by atoms with E-state index < -0.39 is 0 Å². The van der Waals surface area contributed by atoms with Crippen molar-refractivity contribution in [3.63, 3.8) is 0 Å². The average molecular weight is 403 g/mol. The van der Waals surface area contributed by atoms with Gasteiger partial charge in [-0.2, -0.15) is 0 Å². The molecule has 0 aromatic rings. The van der Waals surface area contributed by atoms with Crippen LogP contribution in [0.4, 0.5) is 0 Å². The van der Waals surface area contributed by atoms with Gasteiger partial charge in [0.05, 0.1) is 6.10 Å². The Balaban J connectivity index is 1.77. The third kappa shape index (κ3) is 5.17. The first-order valence-electron chi connectivity index (χ1n) is 12.6. The van der Waals surface area contributed by atoms with E-state index in [0.29, 0.717) is 35.4 Å². The predicted octanol–water partition coefficient (Wildman–Crippen LogP) is 6.96. The molecular weight excluding hydrogens is 356 g/mol. The van der Waals surface area contributed by atoms with Gasteiger partial charge in [0, 0.05) is 5.92 Å². The maximum Gasteiger partial charge on any atom is 0.159 e. The lowest BCUT2D eigenvalue weighted by atomic mass is 9.54. The molecule has 166 valence electrons. The maximum atomic E-state index is 13.5. The first-order valence-corrected chi connectivity index (χ1v) is 12.6. The van der Waals surface area contributed by atoms with Crippen LogP contribution < -0.4 is 0 Å². The topological polar surface area (TPSA) is 37.3 Å². The van der Waals surface area contributed by atoms with Gasteiger partial charge in [-0.15, -0.1) is 0 Å². The zero-order chi connectivity index (χ0) is 21.2. The molecule has 0 spiro atoms. The number of aliphatic hydroxyl groups is 1. The highest BCUT2D eigenvalue weighted by Gasteiger charge is 2.55. The fraction of sp³-hybridized carbons (Fsp3) is 0.889. The van der Waals surface area contributed by atoms with E-state index in [1.165, 1.54) is 51.4 Å². The van der Waals surface area contributed by atoms with Crippen LogP contribution in [0.3, 0.4) is 0 Å². The lowest BCUT2D eigenvalue weighted by molar-refractivity contribution is -0.129. The number of hydrogen-bond acceptors (Lipinski definition) is 2. The Labute approximate surface area is 179 Å². The first-order chi connectivity index (χ1) is 13.7. The molecule has 2 heteroatoms. The van der Waals surface area contributed by atoms with Crippen LogP contribution in [0.25, 0.3) is 0 Å². The summed E-state index contributed by atoms with van der Waals surface area (Å²) in [5, 5.41) is 10.3. The van der Waals surface area contributed by atoms with E-state index in [2.05, 4.69) is 27.7 Å². The smallest absolute Gasteiger partial charge is 0.159 e. The van der Waals surface area contributed by atoms with Gasteiger partial charge in [-0.3, -0.25) is 4.79 Å². The lowest BCUT2D eigenvalue weighted by Gasteiger charge is -2.50. The minimum Gasteiger partial charge on any atom is -0.393 e. The standard InChI is InChI=1S/C27H46O2/c1-18(2)8-6-7-9-21-11-13-24-26-23(14-15-27(21,24)5)20(4)10-12-22(28)16-19(3)17-25(26)29/h17-18,20-24,26,28H,6-16H2,1-5H3/b19-17+/t20-,21-,22-,23?,24?,26?,27+/m0/s1. The second-order valence-corrected chi connectivity index (χ2v) is 11.6. The largest absolute Gasteiger partial charge is 0.393 e. The molecule has 2 nitrogen and oxygen atoms in total. The number of ketones is 1. The number of hydrogen-bond donors (Lipinski definition) is 1. The van der Waals surface area contributed by atoms with E-state index in [-0.39, 0.29) is 12.0 Å². The minimum absolute atomic E-state index is 0.217. The van der Waals surface area contributed by atoms with Crippen molar-refractivity contribution in [3.05, 3.63) is 11.6 Å². The van der Waals surface area contributed by atoms with E-state index in [1.807, 2.05) is 13.0 Å². The third-order valence-electron chi connectivity index (χ3n) is 9.06. The first kappa shape index (κ1) is 23.0. The molecule has 3 aliphatic rings. The number of fused-ring (bicyclic) bond motifs is 3. The van der Waals surface area contributed by atoms with Crippen molar-refractivity contribution in [1.82, 2.24) is 0 Å².